The number of hydrogen-bond donors (Lipinski definition) is 1. The van der Waals surface area contributed by atoms with E-state index in [0.29, 0.717) is 11.4 Å². The van der Waals surface area contributed by atoms with E-state index in [-0.39, 0.29) is 5.97 Å². The Bertz CT molecular complexity index is 504. The highest BCUT2D eigenvalue weighted by Crippen LogP contribution is 2.21. The molecule has 0 saturated heterocycles. The Morgan fingerprint density at radius 1 is 1.53 bits per heavy atom. The molecule has 1 aromatic heterocycles. The van der Waals surface area contributed by atoms with Crippen molar-refractivity contribution in [2.24, 2.45) is 0 Å². The fraction of sp³-hybridized carbons (Fsp3) is 0.182. The van der Waals surface area contributed by atoms with Crippen LogP contribution in [0.2, 0.25) is 0 Å². The van der Waals surface area contributed by atoms with Crippen LogP contribution in [0.1, 0.15) is 15.9 Å². The van der Waals surface area contributed by atoms with Crippen molar-refractivity contribution in [3.63, 3.8) is 0 Å². The summed E-state index contributed by atoms with van der Waals surface area (Å²) in [5, 5.41) is 0.847. The van der Waals surface area contributed by atoms with Crippen LogP contribution >= 0.6 is 11.6 Å². The molecule has 2 rings (SSSR count). The number of aromatic amines is 1. The van der Waals surface area contributed by atoms with Gasteiger partial charge in [0.05, 0.1) is 12.7 Å². The first-order valence-electron chi connectivity index (χ1n) is 4.50. The van der Waals surface area contributed by atoms with Gasteiger partial charge < -0.3 is 9.72 Å². The van der Waals surface area contributed by atoms with Gasteiger partial charge in [-0.25, -0.2) is 4.79 Å². The van der Waals surface area contributed by atoms with Gasteiger partial charge in [0.15, 0.2) is 0 Å². The fourth-order valence-corrected chi connectivity index (χ4v) is 1.70. The van der Waals surface area contributed by atoms with E-state index in [0.717, 1.165) is 16.5 Å². The second-order valence-corrected chi connectivity index (χ2v) is 3.47. The molecule has 0 unspecified atom stereocenters. The van der Waals surface area contributed by atoms with Crippen LogP contribution < -0.4 is 0 Å². The van der Waals surface area contributed by atoms with Gasteiger partial charge in [-0.1, -0.05) is 6.07 Å². The van der Waals surface area contributed by atoms with Gasteiger partial charge in [0, 0.05) is 23.0 Å². The molecule has 0 bridgehead atoms. The Balaban J connectivity index is 2.61. The number of carbonyl (C=O) groups excluding carboxylic acids is 1. The number of H-pyrrole nitrogens is 1. The summed E-state index contributed by atoms with van der Waals surface area (Å²) in [7, 11) is 1.37. The zero-order valence-electron chi connectivity index (χ0n) is 8.21. The monoisotopic (exact) mass is 223 g/mol. The van der Waals surface area contributed by atoms with Crippen LogP contribution in [0.5, 0.6) is 0 Å². The maximum atomic E-state index is 11.4. The molecule has 0 aliphatic rings. The van der Waals surface area contributed by atoms with E-state index in [1.54, 1.807) is 6.20 Å². The van der Waals surface area contributed by atoms with Crippen molar-refractivity contribution in [2.75, 3.05) is 7.11 Å². The summed E-state index contributed by atoms with van der Waals surface area (Å²) in [6.07, 6.45) is 1.65. The zero-order chi connectivity index (χ0) is 10.8. The maximum Gasteiger partial charge on any atom is 0.340 e. The number of aromatic nitrogens is 1. The molecule has 15 heavy (non-hydrogen) atoms. The van der Waals surface area contributed by atoms with Gasteiger partial charge in [-0.05, 0) is 17.7 Å². The molecule has 0 amide bonds. The smallest absolute Gasteiger partial charge is 0.340 e. The third-order valence-corrected chi connectivity index (χ3v) is 2.61. The third-order valence-electron chi connectivity index (χ3n) is 2.31. The molecule has 0 radical (unpaired) electrons. The predicted octanol–water partition coefficient (Wildman–Crippen LogP) is 2.69. The molecule has 78 valence electrons. The summed E-state index contributed by atoms with van der Waals surface area (Å²) in [5.74, 6) is 0.0924. The van der Waals surface area contributed by atoms with Crippen molar-refractivity contribution in [3.05, 3.63) is 35.5 Å². The van der Waals surface area contributed by atoms with Crippen LogP contribution in [0.4, 0.5) is 0 Å². The van der Waals surface area contributed by atoms with Crippen molar-refractivity contribution < 1.29 is 9.53 Å². The predicted molar refractivity (Wildman–Crippen MR) is 59.2 cm³/mol. The van der Waals surface area contributed by atoms with Crippen molar-refractivity contribution in [1.82, 2.24) is 4.98 Å². The van der Waals surface area contributed by atoms with E-state index in [1.807, 2.05) is 18.2 Å². The lowest BCUT2D eigenvalue weighted by Gasteiger charge is -1.98. The van der Waals surface area contributed by atoms with Gasteiger partial charge in [-0.2, -0.15) is 0 Å². The SMILES string of the molecule is COC(=O)c1c[nH]c2ccc(CCl)cc12. The average Bonchev–Trinajstić information content (AvgIpc) is 2.70. The van der Waals surface area contributed by atoms with Crippen LogP contribution in [0.3, 0.4) is 0 Å². The number of nitrogens with one attached hydrogen (secondary N) is 1. The van der Waals surface area contributed by atoms with Crippen LogP contribution in [-0.4, -0.2) is 18.1 Å². The van der Waals surface area contributed by atoms with E-state index in [4.69, 9.17) is 11.6 Å². The number of halogens is 1. The molecule has 0 aliphatic heterocycles. The minimum Gasteiger partial charge on any atom is -0.465 e. The van der Waals surface area contributed by atoms with Gasteiger partial charge in [-0.15, -0.1) is 11.6 Å². The van der Waals surface area contributed by atoms with Crippen molar-refractivity contribution in [1.29, 1.82) is 0 Å². The summed E-state index contributed by atoms with van der Waals surface area (Å²) in [6, 6.07) is 5.72. The number of alkyl halides is 1. The Hall–Kier alpha value is -1.48. The molecular formula is C11H10ClNO2. The van der Waals surface area contributed by atoms with Gasteiger partial charge in [-0.3, -0.25) is 0 Å². The largest absolute Gasteiger partial charge is 0.465 e. The van der Waals surface area contributed by atoms with Gasteiger partial charge in [0.25, 0.3) is 0 Å². The van der Waals surface area contributed by atoms with E-state index in [1.165, 1.54) is 7.11 Å². The highest BCUT2D eigenvalue weighted by atomic mass is 35.5. The Morgan fingerprint density at radius 3 is 3.00 bits per heavy atom. The summed E-state index contributed by atoms with van der Waals surface area (Å²) < 4.78 is 4.68. The number of fused-ring (bicyclic) bond motifs is 1. The van der Waals surface area contributed by atoms with E-state index in [2.05, 4.69) is 9.72 Å². The molecule has 2 aromatic rings. The number of rotatable bonds is 2. The summed E-state index contributed by atoms with van der Waals surface area (Å²) >= 11 is 5.73. The highest BCUT2D eigenvalue weighted by Gasteiger charge is 2.11. The summed E-state index contributed by atoms with van der Waals surface area (Å²) in [6.45, 7) is 0. The Labute approximate surface area is 92.0 Å². The second kappa shape index (κ2) is 3.95. The molecule has 1 aromatic carbocycles. The number of carbonyl (C=O) groups is 1. The van der Waals surface area contributed by atoms with E-state index in [9.17, 15) is 4.79 Å². The molecule has 3 nitrogen and oxygen atoms in total. The molecule has 0 saturated carbocycles. The molecule has 4 heteroatoms. The topological polar surface area (TPSA) is 42.1 Å². The molecule has 0 aliphatic carbocycles. The Morgan fingerprint density at radius 2 is 2.33 bits per heavy atom. The Kier molecular flexibility index (Phi) is 2.64. The molecule has 1 N–H and O–H groups in total. The normalized spacial score (nSPS) is 10.5. The standard InChI is InChI=1S/C11H10ClNO2/c1-15-11(14)9-6-13-10-3-2-7(5-12)4-8(9)10/h2-4,6,13H,5H2,1H3. The summed E-state index contributed by atoms with van der Waals surface area (Å²) in [5.41, 5.74) is 2.43. The molecular weight excluding hydrogens is 214 g/mol. The molecule has 0 atom stereocenters. The fourth-order valence-electron chi connectivity index (χ4n) is 1.53. The lowest BCUT2D eigenvalue weighted by atomic mass is 10.1. The van der Waals surface area contributed by atoms with Gasteiger partial charge in [0.2, 0.25) is 0 Å². The quantitative estimate of drug-likeness (QED) is 0.628. The van der Waals surface area contributed by atoms with Crippen LogP contribution in [-0.2, 0) is 10.6 Å². The lowest BCUT2D eigenvalue weighted by molar-refractivity contribution is 0.0603. The number of hydrogen-bond acceptors (Lipinski definition) is 2. The van der Waals surface area contributed by atoms with Crippen molar-refractivity contribution >= 4 is 28.5 Å². The van der Waals surface area contributed by atoms with Gasteiger partial charge >= 0.3 is 5.97 Å². The minimum atomic E-state index is -0.340. The molecule has 1 heterocycles. The molecule has 0 fully saturated rings. The first kappa shape index (κ1) is 10.1. The minimum absolute atomic E-state index is 0.340. The number of benzene rings is 1. The second-order valence-electron chi connectivity index (χ2n) is 3.21. The van der Waals surface area contributed by atoms with Crippen molar-refractivity contribution in [2.45, 2.75) is 5.88 Å². The average molecular weight is 224 g/mol. The van der Waals surface area contributed by atoms with E-state index < -0.39 is 0 Å². The van der Waals surface area contributed by atoms with Crippen LogP contribution in [0.15, 0.2) is 24.4 Å². The van der Waals surface area contributed by atoms with Gasteiger partial charge in [0.1, 0.15) is 0 Å². The van der Waals surface area contributed by atoms with Crippen molar-refractivity contribution in [3.8, 4) is 0 Å². The number of ether oxygens (including phenoxy) is 1. The maximum absolute atomic E-state index is 11.4. The third kappa shape index (κ3) is 1.70. The lowest BCUT2D eigenvalue weighted by Crippen LogP contribution is -1.99. The highest BCUT2D eigenvalue weighted by molar-refractivity contribution is 6.17. The number of methoxy groups -OCH3 is 1. The zero-order valence-corrected chi connectivity index (χ0v) is 8.97. The van der Waals surface area contributed by atoms with Crippen LogP contribution in [0.25, 0.3) is 10.9 Å². The molecule has 0 spiro atoms. The summed E-state index contributed by atoms with van der Waals surface area (Å²) in [4.78, 5) is 14.4. The number of esters is 1. The first-order chi connectivity index (χ1) is 7.26. The van der Waals surface area contributed by atoms with Crippen LogP contribution in [0, 0.1) is 0 Å². The van der Waals surface area contributed by atoms with E-state index >= 15 is 0 Å². The first-order valence-corrected chi connectivity index (χ1v) is 5.04.